The fourth-order valence-electron chi connectivity index (χ4n) is 1.09. The van der Waals surface area contributed by atoms with Crippen LogP contribution in [0.1, 0.15) is 19.3 Å². The Morgan fingerprint density at radius 1 is 0.882 bits per heavy atom. The minimum atomic E-state index is -3.35. The van der Waals surface area contributed by atoms with E-state index < -0.39 is 9.05 Å². The molecule has 104 valence electrons. The zero-order valence-corrected chi connectivity index (χ0v) is 11.8. The molecule has 5 nitrogen and oxygen atoms in total. The lowest BCUT2D eigenvalue weighted by atomic mass is 10.3. The van der Waals surface area contributed by atoms with Crippen LogP contribution in [0.3, 0.4) is 0 Å². The fourth-order valence-corrected chi connectivity index (χ4v) is 1.96. The number of ether oxygens (including phenoxy) is 3. The van der Waals surface area contributed by atoms with Gasteiger partial charge < -0.3 is 14.2 Å². The van der Waals surface area contributed by atoms with Gasteiger partial charge in [0.25, 0.3) is 0 Å². The number of rotatable bonds is 12. The quantitative estimate of drug-likeness (QED) is 0.401. The average molecular weight is 289 g/mol. The van der Waals surface area contributed by atoms with Crippen LogP contribution in [-0.4, -0.2) is 54.3 Å². The highest BCUT2D eigenvalue weighted by Gasteiger charge is 2.03. The summed E-state index contributed by atoms with van der Waals surface area (Å²) < 4.78 is 36.6. The van der Waals surface area contributed by atoms with E-state index in [1.807, 2.05) is 0 Å². The third kappa shape index (κ3) is 16.1. The van der Waals surface area contributed by atoms with E-state index in [0.29, 0.717) is 45.9 Å². The van der Waals surface area contributed by atoms with Gasteiger partial charge in [-0.3, -0.25) is 0 Å². The Balaban J connectivity index is 3.04. The van der Waals surface area contributed by atoms with Gasteiger partial charge in [-0.25, -0.2) is 8.42 Å². The summed E-state index contributed by atoms with van der Waals surface area (Å²) in [6.07, 6.45) is 2.07. The molecule has 0 heterocycles. The first kappa shape index (κ1) is 17.1. The topological polar surface area (TPSA) is 61.8 Å². The summed E-state index contributed by atoms with van der Waals surface area (Å²) in [5.41, 5.74) is 0. The largest absolute Gasteiger partial charge is 0.382 e. The van der Waals surface area contributed by atoms with Gasteiger partial charge in [0, 0.05) is 37.6 Å². The summed E-state index contributed by atoms with van der Waals surface area (Å²) in [5, 5.41) is 0. The molecule has 0 aliphatic heterocycles. The van der Waals surface area contributed by atoms with Gasteiger partial charge in [-0.15, -0.1) is 0 Å². The van der Waals surface area contributed by atoms with Gasteiger partial charge >= 0.3 is 0 Å². The normalized spacial score (nSPS) is 11.9. The minimum Gasteiger partial charge on any atom is -0.382 e. The van der Waals surface area contributed by atoms with Crippen LogP contribution in [0, 0.1) is 0 Å². The molecule has 17 heavy (non-hydrogen) atoms. The van der Waals surface area contributed by atoms with E-state index in [9.17, 15) is 8.42 Å². The van der Waals surface area contributed by atoms with Crippen molar-refractivity contribution in [2.24, 2.45) is 0 Å². The molecule has 0 rings (SSSR count). The molecule has 0 aliphatic rings. The van der Waals surface area contributed by atoms with Crippen molar-refractivity contribution in [2.75, 3.05) is 45.9 Å². The summed E-state index contributed by atoms with van der Waals surface area (Å²) in [5.74, 6) is 0.0119. The van der Waals surface area contributed by atoms with Crippen LogP contribution in [0.25, 0.3) is 0 Å². The van der Waals surface area contributed by atoms with Crippen molar-refractivity contribution in [2.45, 2.75) is 19.3 Å². The maximum atomic E-state index is 10.6. The Hall–Kier alpha value is 0.120. The number of methoxy groups -OCH3 is 1. The van der Waals surface area contributed by atoms with Gasteiger partial charge in [0.15, 0.2) is 0 Å². The summed E-state index contributed by atoms with van der Waals surface area (Å²) in [4.78, 5) is 0. The summed E-state index contributed by atoms with van der Waals surface area (Å²) in [7, 11) is 3.34. The SMILES string of the molecule is COCCOCCCOCCCCS(=O)(=O)Cl. The Morgan fingerprint density at radius 3 is 2.06 bits per heavy atom. The monoisotopic (exact) mass is 288 g/mol. The molecular formula is C10H21ClO5S. The predicted octanol–water partition coefficient (Wildman–Crippen LogP) is 1.40. The van der Waals surface area contributed by atoms with E-state index in [1.54, 1.807) is 7.11 Å². The highest BCUT2D eigenvalue weighted by atomic mass is 35.7. The molecule has 0 saturated carbocycles. The highest BCUT2D eigenvalue weighted by molar-refractivity contribution is 8.13. The smallest absolute Gasteiger partial charge is 0.232 e. The molecule has 0 saturated heterocycles. The maximum absolute atomic E-state index is 10.6. The summed E-state index contributed by atoms with van der Waals surface area (Å²) in [6.45, 7) is 3.04. The lowest BCUT2D eigenvalue weighted by molar-refractivity contribution is 0.0510. The Labute approximate surface area is 108 Å². The number of unbranched alkanes of at least 4 members (excludes halogenated alkanes) is 1. The van der Waals surface area contributed by atoms with Crippen molar-refractivity contribution >= 4 is 19.7 Å². The van der Waals surface area contributed by atoms with Gasteiger partial charge in [0.2, 0.25) is 9.05 Å². The van der Waals surface area contributed by atoms with Gasteiger partial charge in [0.05, 0.1) is 19.0 Å². The van der Waals surface area contributed by atoms with Crippen molar-refractivity contribution in [3.05, 3.63) is 0 Å². The lowest BCUT2D eigenvalue weighted by Crippen LogP contribution is -2.06. The van der Waals surface area contributed by atoms with Crippen molar-refractivity contribution in [1.29, 1.82) is 0 Å². The van der Waals surface area contributed by atoms with Crippen molar-refractivity contribution in [3.63, 3.8) is 0 Å². The van der Waals surface area contributed by atoms with Crippen molar-refractivity contribution in [3.8, 4) is 0 Å². The fraction of sp³-hybridized carbons (Fsp3) is 1.00. The first-order valence-electron chi connectivity index (χ1n) is 5.63. The predicted molar refractivity (Wildman–Crippen MR) is 67.0 cm³/mol. The third-order valence-corrected chi connectivity index (χ3v) is 3.18. The van der Waals surface area contributed by atoms with Crippen molar-refractivity contribution in [1.82, 2.24) is 0 Å². The van der Waals surface area contributed by atoms with Crippen LogP contribution in [0.15, 0.2) is 0 Å². The molecule has 0 N–H and O–H groups in total. The third-order valence-electron chi connectivity index (χ3n) is 1.94. The van der Waals surface area contributed by atoms with Crippen LogP contribution in [0.4, 0.5) is 0 Å². The van der Waals surface area contributed by atoms with Crippen LogP contribution >= 0.6 is 10.7 Å². The standard InChI is InChI=1S/C10H21ClO5S/c1-14-8-9-16-7-4-6-15-5-2-3-10-17(11,12)13/h2-10H2,1H3. The second-order valence-corrected chi connectivity index (χ2v) is 6.42. The molecule has 0 fully saturated rings. The molecule has 0 aliphatic carbocycles. The van der Waals surface area contributed by atoms with Gasteiger partial charge in [-0.05, 0) is 19.3 Å². The Kier molecular flexibility index (Phi) is 11.3. The summed E-state index contributed by atoms with van der Waals surface area (Å²) in [6, 6.07) is 0. The second-order valence-electron chi connectivity index (χ2n) is 3.52. The van der Waals surface area contributed by atoms with Crippen LogP contribution in [-0.2, 0) is 23.3 Å². The zero-order valence-electron chi connectivity index (χ0n) is 10.2. The second kappa shape index (κ2) is 11.2. The van der Waals surface area contributed by atoms with E-state index in [2.05, 4.69) is 0 Å². The molecule has 0 atom stereocenters. The molecule has 0 amide bonds. The Morgan fingerprint density at radius 2 is 1.47 bits per heavy atom. The molecule has 0 spiro atoms. The zero-order chi connectivity index (χ0) is 13.0. The first-order chi connectivity index (χ1) is 8.06. The molecule has 0 aromatic rings. The molecule has 0 radical (unpaired) electrons. The van der Waals surface area contributed by atoms with E-state index in [0.717, 1.165) is 6.42 Å². The molecule has 0 aromatic carbocycles. The number of hydrogen-bond donors (Lipinski definition) is 0. The lowest BCUT2D eigenvalue weighted by Gasteiger charge is -2.05. The molecular weight excluding hydrogens is 268 g/mol. The van der Waals surface area contributed by atoms with Crippen LogP contribution in [0.5, 0.6) is 0 Å². The van der Waals surface area contributed by atoms with Gasteiger partial charge in [0.1, 0.15) is 0 Å². The molecule has 0 bridgehead atoms. The molecule has 0 aromatic heterocycles. The molecule has 0 unspecified atom stereocenters. The minimum absolute atomic E-state index is 0.0119. The maximum Gasteiger partial charge on any atom is 0.232 e. The molecule has 7 heteroatoms. The number of halogens is 1. The summed E-state index contributed by atoms with van der Waals surface area (Å²) >= 11 is 0. The first-order valence-corrected chi connectivity index (χ1v) is 8.11. The van der Waals surface area contributed by atoms with Crippen LogP contribution in [0.2, 0.25) is 0 Å². The van der Waals surface area contributed by atoms with E-state index in [1.165, 1.54) is 0 Å². The van der Waals surface area contributed by atoms with E-state index in [4.69, 9.17) is 24.9 Å². The average Bonchev–Trinajstić information content (AvgIpc) is 2.24. The van der Waals surface area contributed by atoms with Crippen molar-refractivity contribution < 1.29 is 22.6 Å². The van der Waals surface area contributed by atoms with Crippen LogP contribution < -0.4 is 0 Å². The number of hydrogen-bond acceptors (Lipinski definition) is 5. The highest BCUT2D eigenvalue weighted by Crippen LogP contribution is 2.01. The van der Waals surface area contributed by atoms with Gasteiger partial charge in [-0.2, -0.15) is 0 Å². The van der Waals surface area contributed by atoms with Gasteiger partial charge in [-0.1, -0.05) is 0 Å². The van der Waals surface area contributed by atoms with E-state index in [-0.39, 0.29) is 5.75 Å². The van der Waals surface area contributed by atoms with E-state index >= 15 is 0 Å². The Bertz CT molecular complexity index is 255.